The number of benzene rings is 1. The van der Waals surface area contributed by atoms with Crippen LogP contribution in [0, 0.1) is 23.7 Å². The van der Waals surface area contributed by atoms with Gasteiger partial charge < -0.3 is 4.74 Å². The fourth-order valence-corrected chi connectivity index (χ4v) is 3.15. The quantitative estimate of drug-likeness (QED) is 0.748. The number of hydrogen-bond donors (Lipinski definition) is 0. The van der Waals surface area contributed by atoms with Gasteiger partial charge in [0.1, 0.15) is 6.10 Å². The van der Waals surface area contributed by atoms with Crippen molar-refractivity contribution in [2.75, 3.05) is 0 Å². The summed E-state index contributed by atoms with van der Waals surface area (Å²) in [5, 5.41) is 0. The van der Waals surface area contributed by atoms with Gasteiger partial charge in [0.15, 0.2) is 5.78 Å². The third kappa shape index (κ3) is 3.69. The predicted molar refractivity (Wildman–Crippen MR) is 81.3 cm³/mol. The van der Waals surface area contributed by atoms with E-state index in [9.17, 15) is 4.79 Å². The molecule has 2 heteroatoms. The number of ether oxygens (including phenoxy) is 1. The Morgan fingerprint density at radius 2 is 1.90 bits per heavy atom. The number of ketones is 1. The van der Waals surface area contributed by atoms with Crippen molar-refractivity contribution in [2.24, 2.45) is 23.7 Å². The minimum atomic E-state index is -0.280. The zero-order chi connectivity index (χ0) is 14.7. The van der Waals surface area contributed by atoms with Gasteiger partial charge in [-0.1, -0.05) is 51.1 Å². The Morgan fingerprint density at radius 3 is 2.40 bits per heavy atom. The molecular weight excluding hydrogens is 248 g/mol. The fraction of sp³-hybridized carbons (Fsp3) is 0.611. The van der Waals surface area contributed by atoms with E-state index < -0.39 is 0 Å². The van der Waals surface area contributed by atoms with Crippen LogP contribution in [-0.2, 0) is 16.1 Å². The molecule has 1 aromatic carbocycles. The van der Waals surface area contributed by atoms with Crippen LogP contribution in [0.5, 0.6) is 0 Å². The molecule has 0 spiro atoms. The van der Waals surface area contributed by atoms with E-state index in [-0.39, 0.29) is 17.8 Å². The molecule has 0 bridgehead atoms. The van der Waals surface area contributed by atoms with Crippen molar-refractivity contribution in [3.05, 3.63) is 35.9 Å². The molecule has 0 N–H and O–H groups in total. The highest BCUT2D eigenvalue weighted by molar-refractivity contribution is 5.80. The Labute approximate surface area is 122 Å². The Bertz CT molecular complexity index is 440. The SMILES string of the molecule is CC(=O)[C@H](OCc1ccccc1)[C@@H](C)[C@H](C)[C@@H]1C[C@H]1C. The van der Waals surface area contributed by atoms with Crippen molar-refractivity contribution in [1.29, 1.82) is 0 Å². The second kappa shape index (κ2) is 6.53. The molecular formula is C18H26O2. The summed E-state index contributed by atoms with van der Waals surface area (Å²) >= 11 is 0. The highest BCUT2D eigenvalue weighted by atomic mass is 16.5. The lowest BCUT2D eigenvalue weighted by Gasteiger charge is -2.27. The van der Waals surface area contributed by atoms with Gasteiger partial charge in [-0.2, -0.15) is 0 Å². The zero-order valence-electron chi connectivity index (χ0n) is 13.0. The Balaban J connectivity index is 1.94. The molecule has 0 aromatic heterocycles. The van der Waals surface area contributed by atoms with Crippen LogP contribution in [0.25, 0.3) is 0 Å². The molecule has 1 fully saturated rings. The second-order valence-electron chi connectivity index (χ2n) is 6.42. The van der Waals surface area contributed by atoms with Gasteiger partial charge >= 0.3 is 0 Å². The first kappa shape index (κ1) is 15.2. The average molecular weight is 274 g/mol. The molecule has 1 aliphatic carbocycles. The summed E-state index contributed by atoms with van der Waals surface area (Å²) in [5.41, 5.74) is 1.12. The van der Waals surface area contributed by atoms with Crippen molar-refractivity contribution < 1.29 is 9.53 Å². The summed E-state index contributed by atoms with van der Waals surface area (Å²) in [5.74, 6) is 2.57. The molecule has 0 unspecified atom stereocenters. The molecule has 0 radical (unpaired) electrons. The minimum absolute atomic E-state index is 0.147. The van der Waals surface area contributed by atoms with Crippen LogP contribution in [0.3, 0.4) is 0 Å². The molecule has 0 saturated heterocycles. The molecule has 1 saturated carbocycles. The van der Waals surface area contributed by atoms with Crippen molar-refractivity contribution in [1.82, 2.24) is 0 Å². The maximum absolute atomic E-state index is 11.9. The Morgan fingerprint density at radius 1 is 1.30 bits per heavy atom. The summed E-state index contributed by atoms with van der Waals surface area (Å²) < 4.78 is 5.94. The van der Waals surface area contributed by atoms with Crippen LogP contribution in [0.4, 0.5) is 0 Å². The third-order valence-corrected chi connectivity index (χ3v) is 4.83. The average Bonchev–Trinajstić information content (AvgIpc) is 3.16. The van der Waals surface area contributed by atoms with E-state index in [1.54, 1.807) is 6.92 Å². The van der Waals surface area contributed by atoms with E-state index in [2.05, 4.69) is 20.8 Å². The number of hydrogen-bond acceptors (Lipinski definition) is 2. The number of rotatable bonds is 7. The van der Waals surface area contributed by atoms with Crippen LogP contribution in [-0.4, -0.2) is 11.9 Å². The monoisotopic (exact) mass is 274 g/mol. The summed E-state index contributed by atoms with van der Waals surface area (Å²) in [4.78, 5) is 11.9. The summed E-state index contributed by atoms with van der Waals surface area (Å²) in [6, 6.07) is 10.1. The van der Waals surface area contributed by atoms with Crippen LogP contribution < -0.4 is 0 Å². The first-order valence-electron chi connectivity index (χ1n) is 7.66. The molecule has 20 heavy (non-hydrogen) atoms. The summed E-state index contributed by atoms with van der Waals surface area (Å²) in [6.07, 6.45) is 1.02. The van der Waals surface area contributed by atoms with Crippen molar-refractivity contribution in [2.45, 2.75) is 46.8 Å². The minimum Gasteiger partial charge on any atom is -0.365 e. The van der Waals surface area contributed by atoms with E-state index in [0.29, 0.717) is 12.5 Å². The lowest BCUT2D eigenvalue weighted by atomic mass is 9.85. The van der Waals surface area contributed by atoms with Gasteiger partial charge in [0.2, 0.25) is 0 Å². The smallest absolute Gasteiger partial charge is 0.158 e. The summed E-state index contributed by atoms with van der Waals surface area (Å²) in [6.45, 7) is 8.88. The van der Waals surface area contributed by atoms with Gasteiger partial charge in [0, 0.05) is 0 Å². The maximum atomic E-state index is 11.9. The zero-order valence-corrected chi connectivity index (χ0v) is 13.0. The van der Waals surface area contributed by atoms with Crippen molar-refractivity contribution in [3.8, 4) is 0 Å². The van der Waals surface area contributed by atoms with Gasteiger partial charge in [0.25, 0.3) is 0 Å². The van der Waals surface area contributed by atoms with E-state index in [4.69, 9.17) is 4.74 Å². The topological polar surface area (TPSA) is 26.3 Å². The van der Waals surface area contributed by atoms with Gasteiger partial charge in [-0.15, -0.1) is 0 Å². The van der Waals surface area contributed by atoms with Crippen LogP contribution in [0.15, 0.2) is 30.3 Å². The highest BCUT2D eigenvalue weighted by Crippen LogP contribution is 2.47. The van der Waals surface area contributed by atoms with Gasteiger partial charge in [0.05, 0.1) is 6.61 Å². The first-order valence-corrected chi connectivity index (χ1v) is 7.66. The highest BCUT2D eigenvalue weighted by Gasteiger charge is 2.42. The van der Waals surface area contributed by atoms with E-state index in [1.807, 2.05) is 30.3 Å². The molecule has 0 amide bonds. The molecule has 110 valence electrons. The molecule has 5 atom stereocenters. The summed E-state index contributed by atoms with van der Waals surface area (Å²) in [7, 11) is 0. The molecule has 2 nitrogen and oxygen atoms in total. The third-order valence-electron chi connectivity index (χ3n) is 4.83. The Hall–Kier alpha value is -1.15. The first-order chi connectivity index (χ1) is 9.50. The standard InChI is InChI=1S/C18H26O2/c1-12-10-17(12)13(2)14(3)18(15(4)19)20-11-16-8-6-5-7-9-16/h5-9,12-14,17-18H,10-11H2,1-4H3/t12-,13+,14+,17-,18-/m1/s1. The van der Waals surface area contributed by atoms with E-state index in [1.165, 1.54) is 6.42 Å². The largest absolute Gasteiger partial charge is 0.365 e. The number of carbonyl (C=O) groups is 1. The molecule has 1 aliphatic rings. The van der Waals surface area contributed by atoms with Gasteiger partial charge in [-0.3, -0.25) is 4.79 Å². The van der Waals surface area contributed by atoms with Crippen molar-refractivity contribution in [3.63, 3.8) is 0 Å². The van der Waals surface area contributed by atoms with Gasteiger partial charge in [-0.25, -0.2) is 0 Å². The Kier molecular flexibility index (Phi) is 4.98. The lowest BCUT2D eigenvalue weighted by molar-refractivity contribution is -0.134. The van der Waals surface area contributed by atoms with Gasteiger partial charge in [-0.05, 0) is 42.6 Å². The fourth-order valence-electron chi connectivity index (χ4n) is 3.15. The molecule has 0 aliphatic heterocycles. The molecule has 2 rings (SSSR count). The van der Waals surface area contributed by atoms with Crippen molar-refractivity contribution >= 4 is 5.78 Å². The van der Waals surface area contributed by atoms with Crippen LogP contribution in [0.2, 0.25) is 0 Å². The number of carbonyl (C=O) groups excluding carboxylic acids is 1. The predicted octanol–water partition coefficient (Wildman–Crippen LogP) is 4.09. The number of Topliss-reactive ketones (excluding diaryl/α,β-unsaturated/α-hetero) is 1. The molecule has 1 aromatic rings. The second-order valence-corrected chi connectivity index (χ2v) is 6.42. The maximum Gasteiger partial charge on any atom is 0.158 e. The van der Waals surface area contributed by atoms with Crippen LogP contribution >= 0.6 is 0 Å². The lowest BCUT2D eigenvalue weighted by Crippen LogP contribution is -2.34. The van der Waals surface area contributed by atoms with E-state index in [0.717, 1.165) is 17.4 Å². The van der Waals surface area contributed by atoms with Crippen LogP contribution in [0.1, 0.15) is 39.7 Å². The normalized spacial score (nSPS) is 25.8. The van der Waals surface area contributed by atoms with E-state index >= 15 is 0 Å². The molecule has 0 heterocycles.